The Labute approximate surface area is 172 Å². The summed E-state index contributed by atoms with van der Waals surface area (Å²) in [7, 11) is 0. The van der Waals surface area contributed by atoms with Crippen LogP contribution in [-0.2, 0) is 4.79 Å². The van der Waals surface area contributed by atoms with Crippen LogP contribution in [0.2, 0.25) is 0 Å². The zero-order valence-electron chi connectivity index (χ0n) is 14.6. The minimum atomic E-state index is -0.812. The summed E-state index contributed by atoms with van der Waals surface area (Å²) >= 11 is 4.54. The van der Waals surface area contributed by atoms with Gasteiger partial charge in [-0.15, -0.1) is 10.2 Å². The van der Waals surface area contributed by atoms with Gasteiger partial charge in [-0.2, -0.15) is 0 Å². The highest BCUT2D eigenvalue weighted by Gasteiger charge is 2.28. The van der Waals surface area contributed by atoms with Crippen molar-refractivity contribution in [1.82, 2.24) is 14.8 Å². The maximum absolute atomic E-state index is 14.0. The summed E-state index contributed by atoms with van der Waals surface area (Å²) in [5.74, 6) is -2.15. The number of benzene rings is 1. The standard InChI is InChI=1S/C18H16BrF2N5OS/c19-13-8-12(20)9-14(21)15(13)22-16(27)11-4-3-7-26(10-11)18-24-23-17(28-18)25-5-1-2-6-25/h1-2,5-6,8-9,11H,3-4,7,10H2,(H,22,27)/t11-/m1/s1. The van der Waals surface area contributed by atoms with Gasteiger partial charge in [0, 0.05) is 36.0 Å². The number of hydrogen-bond acceptors (Lipinski definition) is 5. The summed E-state index contributed by atoms with van der Waals surface area (Å²) in [6, 6.07) is 5.69. The molecule has 1 amide bonds. The molecule has 1 fully saturated rings. The number of carbonyl (C=O) groups is 1. The highest BCUT2D eigenvalue weighted by atomic mass is 79.9. The first-order chi connectivity index (χ1) is 13.5. The Hall–Kier alpha value is -2.33. The summed E-state index contributed by atoms with van der Waals surface area (Å²) in [5.41, 5.74) is -0.0469. The number of piperidine rings is 1. The lowest BCUT2D eigenvalue weighted by Gasteiger charge is -2.31. The Balaban J connectivity index is 1.46. The molecule has 0 bridgehead atoms. The van der Waals surface area contributed by atoms with E-state index in [2.05, 4.69) is 31.4 Å². The van der Waals surface area contributed by atoms with Crippen LogP contribution in [0, 0.1) is 17.6 Å². The van der Waals surface area contributed by atoms with Crippen molar-refractivity contribution in [2.24, 2.45) is 5.92 Å². The molecule has 1 aliphatic rings. The Morgan fingerprint density at radius 3 is 2.71 bits per heavy atom. The predicted octanol–water partition coefficient (Wildman–Crippen LogP) is 4.22. The quantitative estimate of drug-likeness (QED) is 0.623. The molecule has 4 rings (SSSR count). The van der Waals surface area contributed by atoms with Crippen LogP contribution < -0.4 is 10.2 Å². The van der Waals surface area contributed by atoms with Gasteiger partial charge in [-0.05, 0) is 47.0 Å². The SMILES string of the molecule is O=C(Nc1c(F)cc(F)cc1Br)[C@@H]1CCCN(c2nnc(-n3cccc3)s2)C1. The first-order valence-corrected chi connectivity index (χ1v) is 10.3. The fourth-order valence-electron chi connectivity index (χ4n) is 3.15. The van der Waals surface area contributed by atoms with E-state index in [0.29, 0.717) is 13.0 Å². The lowest BCUT2D eigenvalue weighted by molar-refractivity contribution is -0.120. The van der Waals surface area contributed by atoms with E-state index >= 15 is 0 Å². The molecule has 146 valence electrons. The van der Waals surface area contributed by atoms with Crippen molar-refractivity contribution in [1.29, 1.82) is 0 Å². The number of nitrogens with zero attached hydrogens (tertiary/aromatic N) is 4. The molecule has 3 aromatic rings. The van der Waals surface area contributed by atoms with Crippen LogP contribution in [0.3, 0.4) is 0 Å². The summed E-state index contributed by atoms with van der Waals surface area (Å²) in [4.78, 5) is 14.7. The number of halogens is 3. The van der Waals surface area contributed by atoms with Gasteiger partial charge in [0.15, 0.2) is 5.82 Å². The van der Waals surface area contributed by atoms with E-state index in [1.807, 2.05) is 34.0 Å². The summed E-state index contributed by atoms with van der Waals surface area (Å²) < 4.78 is 29.3. The molecule has 1 aromatic carbocycles. The monoisotopic (exact) mass is 467 g/mol. The second-order valence-electron chi connectivity index (χ2n) is 6.48. The molecule has 10 heteroatoms. The number of amides is 1. The normalized spacial score (nSPS) is 17.0. The predicted molar refractivity (Wildman–Crippen MR) is 107 cm³/mol. The second kappa shape index (κ2) is 7.96. The Morgan fingerprint density at radius 2 is 1.96 bits per heavy atom. The lowest BCUT2D eigenvalue weighted by Crippen LogP contribution is -2.40. The average Bonchev–Trinajstić information content (AvgIpc) is 3.36. The molecule has 0 saturated carbocycles. The Bertz CT molecular complexity index is 971. The van der Waals surface area contributed by atoms with Crippen LogP contribution in [0.1, 0.15) is 12.8 Å². The topological polar surface area (TPSA) is 63.1 Å². The molecule has 6 nitrogen and oxygen atoms in total. The zero-order valence-corrected chi connectivity index (χ0v) is 17.0. The highest BCUT2D eigenvalue weighted by molar-refractivity contribution is 9.10. The van der Waals surface area contributed by atoms with Gasteiger partial charge in [0.05, 0.1) is 11.6 Å². The van der Waals surface area contributed by atoms with Crippen molar-refractivity contribution in [2.45, 2.75) is 12.8 Å². The van der Waals surface area contributed by atoms with Gasteiger partial charge in [0.1, 0.15) is 5.82 Å². The third-order valence-corrected chi connectivity index (χ3v) is 6.17. The minimum Gasteiger partial charge on any atom is -0.346 e. The van der Waals surface area contributed by atoms with E-state index in [9.17, 15) is 13.6 Å². The summed E-state index contributed by atoms with van der Waals surface area (Å²) in [5, 5.41) is 12.5. The molecule has 1 atom stereocenters. The number of hydrogen-bond donors (Lipinski definition) is 1. The average molecular weight is 468 g/mol. The van der Waals surface area contributed by atoms with Crippen molar-refractivity contribution in [2.75, 3.05) is 23.3 Å². The van der Waals surface area contributed by atoms with Gasteiger partial charge in [0.2, 0.25) is 16.2 Å². The molecule has 3 heterocycles. The first kappa shape index (κ1) is 19.0. The number of rotatable bonds is 4. The molecule has 1 N–H and O–H groups in total. The largest absolute Gasteiger partial charge is 0.346 e. The smallest absolute Gasteiger partial charge is 0.229 e. The van der Waals surface area contributed by atoms with Crippen molar-refractivity contribution in [3.8, 4) is 5.13 Å². The summed E-state index contributed by atoms with van der Waals surface area (Å²) in [6.45, 7) is 1.24. The number of carbonyl (C=O) groups excluding carboxylic acids is 1. The Kier molecular flexibility index (Phi) is 5.40. The molecule has 0 aliphatic carbocycles. The van der Waals surface area contributed by atoms with Crippen LogP contribution >= 0.6 is 27.3 Å². The van der Waals surface area contributed by atoms with Crippen LogP contribution in [0.25, 0.3) is 5.13 Å². The minimum absolute atomic E-state index is 0.0469. The van der Waals surface area contributed by atoms with Crippen molar-refractivity contribution in [3.63, 3.8) is 0 Å². The molecule has 0 unspecified atom stereocenters. The zero-order chi connectivity index (χ0) is 19.7. The fourth-order valence-corrected chi connectivity index (χ4v) is 4.51. The third kappa shape index (κ3) is 3.93. The van der Waals surface area contributed by atoms with E-state index in [4.69, 9.17) is 0 Å². The lowest BCUT2D eigenvalue weighted by atomic mass is 9.97. The Morgan fingerprint density at radius 1 is 1.21 bits per heavy atom. The molecule has 0 spiro atoms. The molecular weight excluding hydrogens is 452 g/mol. The maximum atomic E-state index is 14.0. The van der Waals surface area contributed by atoms with E-state index < -0.39 is 11.6 Å². The van der Waals surface area contributed by atoms with Crippen LogP contribution in [0.5, 0.6) is 0 Å². The molecule has 1 aliphatic heterocycles. The van der Waals surface area contributed by atoms with Gasteiger partial charge < -0.3 is 10.2 Å². The molecular formula is C18H16BrF2N5OS. The fraction of sp³-hybridized carbons (Fsp3) is 0.278. The molecule has 0 radical (unpaired) electrons. The third-order valence-electron chi connectivity index (χ3n) is 4.55. The first-order valence-electron chi connectivity index (χ1n) is 8.68. The molecule has 28 heavy (non-hydrogen) atoms. The van der Waals surface area contributed by atoms with Crippen LogP contribution in [-0.4, -0.2) is 33.8 Å². The van der Waals surface area contributed by atoms with E-state index in [1.165, 1.54) is 11.3 Å². The van der Waals surface area contributed by atoms with Gasteiger partial charge in [-0.25, -0.2) is 8.78 Å². The van der Waals surface area contributed by atoms with Gasteiger partial charge >= 0.3 is 0 Å². The van der Waals surface area contributed by atoms with Crippen molar-refractivity contribution >= 4 is 44.0 Å². The summed E-state index contributed by atoms with van der Waals surface area (Å²) in [6.07, 6.45) is 5.29. The highest BCUT2D eigenvalue weighted by Crippen LogP contribution is 2.30. The number of aromatic nitrogens is 3. The number of nitrogens with one attached hydrogen (secondary N) is 1. The maximum Gasteiger partial charge on any atom is 0.229 e. The van der Waals surface area contributed by atoms with E-state index in [0.717, 1.165) is 35.4 Å². The molecule has 1 saturated heterocycles. The van der Waals surface area contributed by atoms with E-state index in [1.54, 1.807) is 0 Å². The van der Waals surface area contributed by atoms with Gasteiger partial charge in [0.25, 0.3) is 0 Å². The van der Waals surface area contributed by atoms with Crippen molar-refractivity contribution < 1.29 is 13.6 Å². The molecule has 2 aromatic heterocycles. The van der Waals surface area contributed by atoms with Crippen molar-refractivity contribution in [3.05, 3.63) is 52.8 Å². The van der Waals surface area contributed by atoms with Gasteiger partial charge in [-0.1, -0.05) is 11.3 Å². The van der Waals surface area contributed by atoms with Gasteiger partial charge in [-0.3, -0.25) is 9.36 Å². The van der Waals surface area contributed by atoms with E-state index in [-0.39, 0.29) is 22.0 Å². The second-order valence-corrected chi connectivity index (χ2v) is 8.27. The van der Waals surface area contributed by atoms with Crippen LogP contribution in [0.4, 0.5) is 19.6 Å². The van der Waals surface area contributed by atoms with Crippen LogP contribution in [0.15, 0.2) is 41.1 Å². The number of anilines is 2.